The van der Waals surface area contributed by atoms with Crippen molar-refractivity contribution in [3.63, 3.8) is 0 Å². The SMILES string of the molecule is C[C@H](OC(=O)Cc1coc2cc(O)ccc12)C(=O)N1CCN(c2ccccc2)CC1. The number of piperazine rings is 1. The van der Waals surface area contributed by atoms with Crippen LogP contribution in [-0.2, 0) is 20.7 Å². The molecule has 3 aromatic rings. The number of hydrogen-bond donors (Lipinski definition) is 1. The number of anilines is 1. The first-order valence-corrected chi connectivity index (χ1v) is 9.98. The zero-order valence-electron chi connectivity index (χ0n) is 16.8. The van der Waals surface area contributed by atoms with E-state index >= 15 is 0 Å². The van der Waals surface area contributed by atoms with Gasteiger partial charge in [-0.1, -0.05) is 18.2 Å². The third-order valence-corrected chi connectivity index (χ3v) is 5.34. The molecule has 1 aliphatic heterocycles. The number of para-hydroxylation sites is 1. The number of esters is 1. The first-order chi connectivity index (χ1) is 14.5. The minimum absolute atomic E-state index is 0.00280. The van der Waals surface area contributed by atoms with E-state index in [9.17, 15) is 14.7 Å². The van der Waals surface area contributed by atoms with Crippen LogP contribution in [0.3, 0.4) is 0 Å². The van der Waals surface area contributed by atoms with Crippen LogP contribution < -0.4 is 4.90 Å². The van der Waals surface area contributed by atoms with Gasteiger partial charge < -0.3 is 24.1 Å². The smallest absolute Gasteiger partial charge is 0.311 e. The van der Waals surface area contributed by atoms with E-state index in [4.69, 9.17) is 9.15 Å². The predicted molar refractivity (Wildman–Crippen MR) is 112 cm³/mol. The van der Waals surface area contributed by atoms with Crippen LogP contribution in [0.4, 0.5) is 5.69 Å². The van der Waals surface area contributed by atoms with Gasteiger partial charge in [-0.3, -0.25) is 9.59 Å². The third-order valence-electron chi connectivity index (χ3n) is 5.34. The van der Waals surface area contributed by atoms with E-state index in [1.165, 1.54) is 18.4 Å². The van der Waals surface area contributed by atoms with Gasteiger partial charge in [0.1, 0.15) is 11.3 Å². The van der Waals surface area contributed by atoms with Gasteiger partial charge in [-0.05, 0) is 31.2 Å². The molecule has 7 nitrogen and oxygen atoms in total. The van der Waals surface area contributed by atoms with Crippen LogP contribution >= 0.6 is 0 Å². The molecule has 0 saturated carbocycles. The fraction of sp³-hybridized carbons (Fsp3) is 0.304. The Morgan fingerprint density at radius 1 is 1.10 bits per heavy atom. The van der Waals surface area contributed by atoms with Crippen molar-refractivity contribution in [2.24, 2.45) is 0 Å². The summed E-state index contributed by atoms with van der Waals surface area (Å²) in [6, 6.07) is 14.8. The van der Waals surface area contributed by atoms with Gasteiger partial charge in [-0.25, -0.2) is 0 Å². The molecule has 1 amide bonds. The summed E-state index contributed by atoms with van der Waals surface area (Å²) in [5.41, 5.74) is 2.30. The van der Waals surface area contributed by atoms with Crippen molar-refractivity contribution in [1.29, 1.82) is 0 Å². The Kier molecular flexibility index (Phi) is 5.61. The number of rotatable bonds is 5. The van der Waals surface area contributed by atoms with Crippen LogP contribution in [0.25, 0.3) is 11.0 Å². The molecule has 0 spiro atoms. The van der Waals surface area contributed by atoms with E-state index in [0.29, 0.717) is 24.2 Å². The lowest BCUT2D eigenvalue weighted by atomic mass is 10.1. The van der Waals surface area contributed by atoms with Crippen molar-refractivity contribution in [3.05, 3.63) is 60.4 Å². The highest BCUT2D eigenvalue weighted by Gasteiger charge is 2.27. The van der Waals surface area contributed by atoms with Crippen LogP contribution in [0.2, 0.25) is 0 Å². The largest absolute Gasteiger partial charge is 0.508 e. The number of carbonyl (C=O) groups is 2. The molecule has 1 saturated heterocycles. The monoisotopic (exact) mass is 408 g/mol. The third kappa shape index (κ3) is 4.25. The van der Waals surface area contributed by atoms with Crippen molar-refractivity contribution in [2.75, 3.05) is 31.1 Å². The van der Waals surface area contributed by atoms with Crippen molar-refractivity contribution < 1.29 is 23.8 Å². The van der Waals surface area contributed by atoms with Gasteiger partial charge >= 0.3 is 5.97 Å². The molecule has 0 bridgehead atoms. The summed E-state index contributed by atoms with van der Waals surface area (Å²) in [6.07, 6.45) is 0.626. The molecular weight excluding hydrogens is 384 g/mol. The zero-order valence-corrected chi connectivity index (χ0v) is 16.8. The fourth-order valence-electron chi connectivity index (χ4n) is 3.73. The van der Waals surface area contributed by atoms with Gasteiger partial charge in [0, 0.05) is 48.9 Å². The second-order valence-corrected chi connectivity index (χ2v) is 7.40. The summed E-state index contributed by atoms with van der Waals surface area (Å²) in [7, 11) is 0. The van der Waals surface area contributed by atoms with Crippen LogP contribution in [0.15, 0.2) is 59.2 Å². The van der Waals surface area contributed by atoms with Crippen molar-refractivity contribution in [3.8, 4) is 5.75 Å². The summed E-state index contributed by atoms with van der Waals surface area (Å²) < 4.78 is 10.8. The van der Waals surface area contributed by atoms with Crippen molar-refractivity contribution in [1.82, 2.24) is 4.90 Å². The van der Waals surface area contributed by atoms with E-state index in [0.717, 1.165) is 24.2 Å². The summed E-state index contributed by atoms with van der Waals surface area (Å²) in [5.74, 6) is -0.579. The highest BCUT2D eigenvalue weighted by atomic mass is 16.5. The van der Waals surface area contributed by atoms with Crippen LogP contribution in [0.1, 0.15) is 12.5 Å². The van der Waals surface area contributed by atoms with Gasteiger partial charge in [-0.2, -0.15) is 0 Å². The first kappa shape index (κ1) is 19.8. The Hall–Kier alpha value is -3.48. The number of ether oxygens (including phenoxy) is 1. The molecule has 156 valence electrons. The zero-order chi connectivity index (χ0) is 21.1. The van der Waals surface area contributed by atoms with Crippen LogP contribution in [0, 0.1) is 0 Å². The van der Waals surface area contributed by atoms with E-state index in [1.54, 1.807) is 17.9 Å². The van der Waals surface area contributed by atoms with E-state index < -0.39 is 12.1 Å². The lowest BCUT2D eigenvalue weighted by Gasteiger charge is -2.37. The number of phenols is 1. The Labute approximate surface area is 174 Å². The summed E-state index contributed by atoms with van der Waals surface area (Å²) in [4.78, 5) is 29.1. The number of phenolic OH excluding ortho intramolecular Hbond substituents is 1. The molecule has 0 aliphatic carbocycles. The fourth-order valence-corrected chi connectivity index (χ4v) is 3.73. The highest BCUT2D eigenvalue weighted by Crippen LogP contribution is 2.25. The van der Waals surface area contributed by atoms with Gasteiger partial charge in [0.05, 0.1) is 12.7 Å². The minimum atomic E-state index is -0.844. The molecule has 7 heteroatoms. The lowest BCUT2D eigenvalue weighted by molar-refractivity contribution is -0.158. The van der Waals surface area contributed by atoms with Gasteiger partial charge in [0.2, 0.25) is 0 Å². The average molecular weight is 408 g/mol. The maximum Gasteiger partial charge on any atom is 0.311 e. The molecule has 1 fully saturated rings. The number of hydrogen-bond acceptors (Lipinski definition) is 6. The average Bonchev–Trinajstić information content (AvgIpc) is 3.15. The van der Waals surface area contributed by atoms with E-state index in [-0.39, 0.29) is 18.1 Å². The molecule has 4 rings (SSSR count). The van der Waals surface area contributed by atoms with Gasteiger partial charge in [0.15, 0.2) is 6.10 Å². The lowest BCUT2D eigenvalue weighted by Crippen LogP contribution is -2.51. The summed E-state index contributed by atoms with van der Waals surface area (Å²) in [6.45, 7) is 4.26. The summed E-state index contributed by atoms with van der Waals surface area (Å²) >= 11 is 0. The van der Waals surface area contributed by atoms with Crippen molar-refractivity contribution in [2.45, 2.75) is 19.4 Å². The molecule has 1 aliphatic rings. The second kappa shape index (κ2) is 8.49. The molecule has 2 aromatic carbocycles. The van der Waals surface area contributed by atoms with E-state index in [2.05, 4.69) is 17.0 Å². The topological polar surface area (TPSA) is 83.2 Å². The number of furan rings is 1. The Morgan fingerprint density at radius 3 is 2.57 bits per heavy atom. The van der Waals surface area contributed by atoms with E-state index in [1.807, 2.05) is 18.2 Å². The van der Waals surface area contributed by atoms with Crippen LogP contribution in [0.5, 0.6) is 5.75 Å². The second-order valence-electron chi connectivity index (χ2n) is 7.40. The predicted octanol–water partition coefficient (Wildman–Crippen LogP) is 2.96. The van der Waals surface area contributed by atoms with Gasteiger partial charge in [-0.15, -0.1) is 0 Å². The Bertz CT molecular complexity index is 1040. The molecule has 2 heterocycles. The molecule has 0 radical (unpaired) electrons. The van der Waals surface area contributed by atoms with Gasteiger partial charge in [0.25, 0.3) is 5.91 Å². The number of carbonyl (C=O) groups excluding carboxylic acids is 2. The number of aromatic hydroxyl groups is 1. The number of nitrogens with zero attached hydrogens (tertiary/aromatic N) is 2. The molecule has 1 atom stereocenters. The quantitative estimate of drug-likeness (QED) is 0.654. The number of amides is 1. The van der Waals surface area contributed by atoms with Crippen molar-refractivity contribution >= 4 is 28.5 Å². The molecule has 30 heavy (non-hydrogen) atoms. The first-order valence-electron chi connectivity index (χ1n) is 9.98. The molecule has 1 N–H and O–H groups in total. The maximum absolute atomic E-state index is 12.7. The standard InChI is InChI=1S/C23H24N2O5/c1-16(23(28)25-11-9-24(10-12-25)18-5-3-2-4-6-18)30-22(27)13-17-15-29-21-14-19(26)7-8-20(17)21/h2-8,14-16,26H,9-13H2,1H3/t16-/m0/s1. The number of fused-ring (bicyclic) bond motifs is 1. The molecule has 1 aromatic heterocycles. The highest BCUT2D eigenvalue weighted by molar-refractivity contribution is 5.88. The Morgan fingerprint density at radius 2 is 1.83 bits per heavy atom. The number of benzene rings is 2. The molecule has 0 unspecified atom stereocenters. The summed E-state index contributed by atoms with van der Waals surface area (Å²) in [5, 5.41) is 10.2. The maximum atomic E-state index is 12.7. The molecular formula is C23H24N2O5. The normalized spacial score (nSPS) is 15.2. The minimum Gasteiger partial charge on any atom is -0.508 e. The Balaban J connectivity index is 1.30. The van der Waals surface area contributed by atoms with Crippen LogP contribution in [-0.4, -0.2) is 54.2 Å².